The van der Waals surface area contributed by atoms with Crippen LogP contribution in [0, 0.1) is 0 Å². The lowest BCUT2D eigenvalue weighted by Gasteiger charge is -2.10. The third kappa shape index (κ3) is 4.62. The minimum absolute atomic E-state index is 0.00209. The molecule has 140 valence electrons. The molecule has 0 saturated carbocycles. The zero-order valence-electron chi connectivity index (χ0n) is 15.1. The Labute approximate surface area is 160 Å². The Morgan fingerprint density at radius 1 is 1.11 bits per heavy atom. The number of carbonyl (C=O) groups excluding carboxylic acids is 2. The van der Waals surface area contributed by atoms with Gasteiger partial charge in [0, 0.05) is 0 Å². The van der Waals surface area contributed by atoms with E-state index in [0.717, 1.165) is 10.2 Å². The van der Waals surface area contributed by atoms with Crippen molar-refractivity contribution in [2.45, 2.75) is 26.5 Å². The second kappa shape index (κ2) is 8.64. The van der Waals surface area contributed by atoms with Crippen molar-refractivity contribution in [3.63, 3.8) is 0 Å². The molecule has 0 aliphatic carbocycles. The number of fused-ring (bicyclic) bond motifs is 1. The fraction of sp³-hybridized carbons (Fsp3) is 0.250. The second-order valence-corrected chi connectivity index (χ2v) is 6.78. The number of aromatic nitrogens is 1. The van der Waals surface area contributed by atoms with E-state index in [-0.39, 0.29) is 12.5 Å². The second-order valence-electron chi connectivity index (χ2n) is 5.77. The average Bonchev–Trinajstić information content (AvgIpc) is 3.00. The van der Waals surface area contributed by atoms with E-state index in [4.69, 9.17) is 9.47 Å². The summed E-state index contributed by atoms with van der Waals surface area (Å²) in [5, 5.41) is 0. The molecule has 3 rings (SSSR count). The summed E-state index contributed by atoms with van der Waals surface area (Å²) in [6.07, 6.45) is -0.742. The molecule has 1 atom stereocenters. The molecule has 7 heteroatoms. The molecular formula is C20H20N2O4S. The van der Waals surface area contributed by atoms with E-state index < -0.39 is 12.0 Å². The van der Waals surface area contributed by atoms with Crippen molar-refractivity contribution < 1.29 is 19.1 Å². The lowest BCUT2D eigenvalue weighted by atomic mass is 10.3. The van der Waals surface area contributed by atoms with Gasteiger partial charge in [0.2, 0.25) is 0 Å². The number of esters is 1. The van der Waals surface area contributed by atoms with Crippen LogP contribution in [0.3, 0.4) is 0 Å². The number of nitrogens with zero attached hydrogens (tertiary/aromatic N) is 2. The zero-order valence-corrected chi connectivity index (χ0v) is 15.9. The highest BCUT2D eigenvalue weighted by atomic mass is 32.1. The number of rotatable bonds is 6. The molecule has 0 N–H and O–H groups in total. The van der Waals surface area contributed by atoms with Gasteiger partial charge in [0.1, 0.15) is 12.3 Å². The monoisotopic (exact) mass is 384 g/mol. The van der Waals surface area contributed by atoms with Crippen molar-refractivity contribution in [1.29, 1.82) is 0 Å². The molecule has 0 aliphatic heterocycles. The number of hydrogen-bond acceptors (Lipinski definition) is 5. The topological polar surface area (TPSA) is 69.9 Å². The first-order valence-electron chi connectivity index (χ1n) is 8.62. The standard InChI is InChI=1S/C20H20N2O4S/c1-3-25-18(23)13-22-16-11-7-8-12-17(16)27-20(22)21-19(24)14(2)26-15-9-5-4-6-10-15/h4-12,14H,3,13H2,1-2H3. The SMILES string of the molecule is CCOC(=O)Cn1c(=NC(=O)C(C)Oc2ccccc2)sc2ccccc21. The van der Waals surface area contributed by atoms with E-state index in [0.29, 0.717) is 17.2 Å². The minimum Gasteiger partial charge on any atom is -0.481 e. The Kier molecular flexibility index (Phi) is 6.03. The predicted octanol–water partition coefficient (Wildman–Crippen LogP) is 3.16. The van der Waals surface area contributed by atoms with E-state index in [1.807, 2.05) is 42.5 Å². The Morgan fingerprint density at radius 2 is 1.81 bits per heavy atom. The first kappa shape index (κ1) is 18.8. The van der Waals surface area contributed by atoms with Crippen molar-refractivity contribution in [3.8, 4) is 5.75 Å². The van der Waals surface area contributed by atoms with Crippen LogP contribution >= 0.6 is 11.3 Å². The fourth-order valence-corrected chi connectivity index (χ4v) is 3.57. The van der Waals surface area contributed by atoms with Crippen molar-refractivity contribution >= 4 is 33.4 Å². The van der Waals surface area contributed by atoms with Gasteiger partial charge >= 0.3 is 5.97 Å². The lowest BCUT2D eigenvalue weighted by Crippen LogP contribution is -2.27. The van der Waals surface area contributed by atoms with Crippen molar-refractivity contribution in [1.82, 2.24) is 4.57 Å². The molecule has 0 aliphatic rings. The molecule has 27 heavy (non-hydrogen) atoms. The van der Waals surface area contributed by atoms with Gasteiger partial charge in [0.15, 0.2) is 10.9 Å². The van der Waals surface area contributed by atoms with Gasteiger partial charge in [-0.25, -0.2) is 0 Å². The van der Waals surface area contributed by atoms with Gasteiger partial charge in [-0.3, -0.25) is 9.59 Å². The highest BCUT2D eigenvalue weighted by molar-refractivity contribution is 7.16. The first-order valence-corrected chi connectivity index (χ1v) is 9.44. The summed E-state index contributed by atoms with van der Waals surface area (Å²) >= 11 is 1.35. The van der Waals surface area contributed by atoms with Crippen LogP contribution in [-0.2, 0) is 20.9 Å². The van der Waals surface area contributed by atoms with Gasteiger partial charge in [-0.1, -0.05) is 41.7 Å². The van der Waals surface area contributed by atoms with Crippen molar-refractivity contribution in [3.05, 3.63) is 59.4 Å². The molecule has 0 spiro atoms. The normalized spacial score (nSPS) is 12.7. The third-order valence-corrected chi connectivity index (χ3v) is 4.85. The van der Waals surface area contributed by atoms with Gasteiger partial charge in [-0.2, -0.15) is 4.99 Å². The highest BCUT2D eigenvalue weighted by Gasteiger charge is 2.16. The summed E-state index contributed by atoms with van der Waals surface area (Å²) < 4.78 is 13.3. The van der Waals surface area contributed by atoms with E-state index in [1.54, 1.807) is 30.5 Å². The van der Waals surface area contributed by atoms with Crippen molar-refractivity contribution in [2.24, 2.45) is 4.99 Å². The van der Waals surface area contributed by atoms with Gasteiger partial charge in [-0.05, 0) is 38.1 Å². The van der Waals surface area contributed by atoms with Crippen LogP contribution in [0.25, 0.3) is 10.2 Å². The van der Waals surface area contributed by atoms with Crippen LogP contribution in [0.15, 0.2) is 59.6 Å². The Hall–Kier alpha value is -2.93. The predicted molar refractivity (Wildman–Crippen MR) is 104 cm³/mol. The maximum atomic E-state index is 12.5. The van der Waals surface area contributed by atoms with Crippen LogP contribution in [0.4, 0.5) is 0 Å². The molecule has 1 unspecified atom stereocenters. The quantitative estimate of drug-likeness (QED) is 0.612. The van der Waals surface area contributed by atoms with Crippen LogP contribution in [0.1, 0.15) is 13.8 Å². The first-order chi connectivity index (χ1) is 13.1. The van der Waals surface area contributed by atoms with E-state index in [1.165, 1.54) is 11.3 Å². The smallest absolute Gasteiger partial charge is 0.326 e. The number of benzene rings is 2. The number of thiazole rings is 1. The minimum atomic E-state index is -0.742. The Morgan fingerprint density at radius 3 is 2.56 bits per heavy atom. The molecule has 6 nitrogen and oxygen atoms in total. The molecule has 0 saturated heterocycles. The summed E-state index contributed by atoms with van der Waals surface area (Å²) in [6.45, 7) is 3.71. The van der Waals surface area contributed by atoms with Crippen LogP contribution in [0.2, 0.25) is 0 Å². The maximum Gasteiger partial charge on any atom is 0.326 e. The molecule has 3 aromatic rings. The molecule has 0 fully saturated rings. The molecule has 2 aromatic carbocycles. The molecule has 0 bridgehead atoms. The molecular weight excluding hydrogens is 364 g/mol. The number of para-hydroxylation sites is 2. The van der Waals surface area contributed by atoms with Gasteiger partial charge < -0.3 is 14.0 Å². The Bertz CT molecular complexity index is 1010. The van der Waals surface area contributed by atoms with E-state index >= 15 is 0 Å². The summed E-state index contributed by atoms with van der Waals surface area (Å²) in [5.74, 6) is -0.184. The molecule has 1 heterocycles. The Balaban J connectivity index is 1.92. The van der Waals surface area contributed by atoms with E-state index in [2.05, 4.69) is 4.99 Å². The summed E-state index contributed by atoms with van der Waals surface area (Å²) in [6, 6.07) is 16.7. The lowest BCUT2D eigenvalue weighted by molar-refractivity contribution is -0.143. The van der Waals surface area contributed by atoms with E-state index in [9.17, 15) is 9.59 Å². The summed E-state index contributed by atoms with van der Waals surface area (Å²) in [4.78, 5) is 29.2. The zero-order chi connectivity index (χ0) is 19.2. The van der Waals surface area contributed by atoms with Crippen molar-refractivity contribution in [2.75, 3.05) is 6.61 Å². The number of ether oxygens (including phenoxy) is 2. The summed E-state index contributed by atoms with van der Waals surface area (Å²) in [7, 11) is 0. The van der Waals surface area contributed by atoms with Gasteiger partial charge in [0.05, 0.1) is 16.8 Å². The third-order valence-electron chi connectivity index (χ3n) is 3.79. The highest BCUT2D eigenvalue weighted by Crippen LogP contribution is 2.17. The molecule has 1 amide bonds. The summed E-state index contributed by atoms with van der Waals surface area (Å²) in [5.41, 5.74) is 0.832. The molecule has 0 radical (unpaired) electrons. The van der Waals surface area contributed by atoms with Crippen LogP contribution in [-0.4, -0.2) is 29.2 Å². The maximum absolute atomic E-state index is 12.5. The van der Waals surface area contributed by atoms with Crippen LogP contribution < -0.4 is 9.54 Å². The van der Waals surface area contributed by atoms with Gasteiger partial charge in [-0.15, -0.1) is 0 Å². The fourth-order valence-electron chi connectivity index (χ4n) is 2.53. The number of amides is 1. The number of carbonyl (C=O) groups is 2. The van der Waals surface area contributed by atoms with Crippen LogP contribution in [0.5, 0.6) is 5.75 Å². The largest absolute Gasteiger partial charge is 0.481 e. The average molecular weight is 384 g/mol. The molecule has 1 aromatic heterocycles. The number of hydrogen-bond donors (Lipinski definition) is 0. The van der Waals surface area contributed by atoms with Gasteiger partial charge in [0.25, 0.3) is 5.91 Å².